The average Bonchev–Trinajstić information content (AvgIpc) is 2.20. The van der Waals surface area contributed by atoms with E-state index in [1.165, 1.54) is 0 Å². The average molecular weight is 183 g/mol. The Morgan fingerprint density at radius 3 is 2.15 bits per heavy atom. The van der Waals surface area contributed by atoms with Crippen LogP contribution in [-0.2, 0) is 4.79 Å². The SMILES string of the molecule is C/C=C\C(=C/C)CC(=O)NC.CC. The lowest BCUT2D eigenvalue weighted by molar-refractivity contribution is -0.119. The molecule has 0 unspecified atom stereocenters. The monoisotopic (exact) mass is 183 g/mol. The minimum atomic E-state index is 0.0520. The van der Waals surface area contributed by atoms with Crippen LogP contribution in [0.5, 0.6) is 0 Å². The molecule has 13 heavy (non-hydrogen) atoms. The Hall–Kier alpha value is -1.05. The van der Waals surface area contributed by atoms with Crippen LogP contribution in [0.2, 0.25) is 0 Å². The molecule has 0 saturated carbocycles. The van der Waals surface area contributed by atoms with Gasteiger partial charge in [0.05, 0.1) is 6.42 Å². The van der Waals surface area contributed by atoms with Crippen molar-refractivity contribution in [3.05, 3.63) is 23.8 Å². The van der Waals surface area contributed by atoms with Crippen molar-refractivity contribution in [2.24, 2.45) is 0 Å². The van der Waals surface area contributed by atoms with Gasteiger partial charge in [-0.15, -0.1) is 0 Å². The van der Waals surface area contributed by atoms with Gasteiger partial charge < -0.3 is 5.32 Å². The summed E-state index contributed by atoms with van der Waals surface area (Å²) in [5, 5.41) is 2.57. The summed E-state index contributed by atoms with van der Waals surface area (Å²) in [5.41, 5.74) is 1.05. The molecule has 0 radical (unpaired) electrons. The molecule has 1 amide bonds. The first-order valence-electron chi connectivity index (χ1n) is 4.73. The van der Waals surface area contributed by atoms with Crippen molar-refractivity contribution in [2.45, 2.75) is 34.1 Å². The molecule has 0 aliphatic rings. The quantitative estimate of drug-likeness (QED) is 0.670. The van der Waals surface area contributed by atoms with Crippen LogP contribution >= 0.6 is 0 Å². The fourth-order valence-corrected chi connectivity index (χ4v) is 0.745. The lowest BCUT2D eigenvalue weighted by Crippen LogP contribution is -2.17. The Morgan fingerprint density at radius 2 is 1.85 bits per heavy atom. The molecular formula is C11H21NO. The molecule has 0 aromatic heterocycles. The van der Waals surface area contributed by atoms with Crippen molar-refractivity contribution in [1.82, 2.24) is 5.32 Å². The van der Waals surface area contributed by atoms with Gasteiger partial charge in [-0.3, -0.25) is 4.79 Å². The highest BCUT2D eigenvalue weighted by Crippen LogP contribution is 2.02. The second-order valence-electron chi connectivity index (χ2n) is 2.21. The third-order valence-electron chi connectivity index (χ3n) is 1.40. The van der Waals surface area contributed by atoms with Crippen LogP contribution in [0.1, 0.15) is 34.1 Å². The molecule has 0 heterocycles. The van der Waals surface area contributed by atoms with E-state index in [1.54, 1.807) is 7.05 Å². The minimum absolute atomic E-state index is 0.0520. The second-order valence-corrected chi connectivity index (χ2v) is 2.21. The summed E-state index contributed by atoms with van der Waals surface area (Å²) in [4.78, 5) is 10.9. The predicted molar refractivity (Wildman–Crippen MR) is 58.6 cm³/mol. The maximum atomic E-state index is 10.9. The first-order valence-corrected chi connectivity index (χ1v) is 4.73. The van der Waals surface area contributed by atoms with Gasteiger partial charge in [0.15, 0.2) is 0 Å². The van der Waals surface area contributed by atoms with Gasteiger partial charge in [0.1, 0.15) is 0 Å². The molecule has 0 aliphatic carbocycles. The van der Waals surface area contributed by atoms with Crippen LogP contribution < -0.4 is 5.32 Å². The van der Waals surface area contributed by atoms with Gasteiger partial charge in [0, 0.05) is 7.05 Å². The lowest BCUT2D eigenvalue weighted by Gasteiger charge is -1.98. The third-order valence-corrected chi connectivity index (χ3v) is 1.40. The summed E-state index contributed by atoms with van der Waals surface area (Å²) in [6.45, 7) is 7.87. The molecule has 2 heteroatoms. The van der Waals surface area contributed by atoms with Crippen LogP contribution in [0, 0.1) is 0 Å². The lowest BCUT2D eigenvalue weighted by atomic mass is 10.1. The smallest absolute Gasteiger partial charge is 0.224 e. The zero-order valence-electron chi connectivity index (χ0n) is 9.35. The predicted octanol–water partition coefficient (Wildman–Crippen LogP) is 2.67. The largest absolute Gasteiger partial charge is 0.359 e. The highest BCUT2D eigenvalue weighted by Gasteiger charge is 1.98. The number of carbonyl (C=O) groups is 1. The topological polar surface area (TPSA) is 29.1 Å². The molecule has 0 rings (SSSR count). The fourth-order valence-electron chi connectivity index (χ4n) is 0.745. The summed E-state index contributed by atoms with van der Waals surface area (Å²) in [5.74, 6) is 0.0520. The molecular weight excluding hydrogens is 162 g/mol. The Balaban J connectivity index is 0. The van der Waals surface area contributed by atoms with Crippen LogP contribution in [-0.4, -0.2) is 13.0 Å². The number of amides is 1. The molecule has 0 fully saturated rings. The molecule has 0 saturated heterocycles. The van der Waals surface area contributed by atoms with Crippen molar-refractivity contribution in [1.29, 1.82) is 0 Å². The van der Waals surface area contributed by atoms with E-state index in [-0.39, 0.29) is 5.91 Å². The van der Waals surface area contributed by atoms with Crippen LogP contribution in [0.4, 0.5) is 0 Å². The van der Waals surface area contributed by atoms with E-state index < -0.39 is 0 Å². The van der Waals surface area contributed by atoms with Crippen LogP contribution in [0.3, 0.4) is 0 Å². The van der Waals surface area contributed by atoms with Gasteiger partial charge in [-0.2, -0.15) is 0 Å². The number of hydrogen-bond acceptors (Lipinski definition) is 1. The Morgan fingerprint density at radius 1 is 1.31 bits per heavy atom. The molecule has 76 valence electrons. The molecule has 0 spiro atoms. The van der Waals surface area contributed by atoms with E-state index in [4.69, 9.17) is 0 Å². The van der Waals surface area contributed by atoms with E-state index in [1.807, 2.05) is 45.9 Å². The molecule has 1 N–H and O–H groups in total. The minimum Gasteiger partial charge on any atom is -0.359 e. The number of rotatable bonds is 3. The molecule has 0 aliphatic heterocycles. The fraction of sp³-hybridized carbons (Fsp3) is 0.545. The summed E-state index contributed by atoms with van der Waals surface area (Å²) in [6.07, 6.45) is 6.28. The van der Waals surface area contributed by atoms with Gasteiger partial charge in [0.25, 0.3) is 0 Å². The standard InChI is InChI=1S/C9H15NO.C2H6/c1-4-6-8(5-2)7-9(11)10-3;1-2/h4-6H,7H2,1-3H3,(H,10,11);1-2H3/b6-4-,8-5+;. The normalized spacial score (nSPS) is 10.7. The van der Waals surface area contributed by atoms with E-state index in [0.717, 1.165) is 5.57 Å². The molecule has 0 aromatic carbocycles. The van der Waals surface area contributed by atoms with Gasteiger partial charge >= 0.3 is 0 Å². The Labute approximate surface area is 81.7 Å². The first kappa shape index (κ1) is 14.5. The van der Waals surface area contributed by atoms with Gasteiger partial charge in [-0.05, 0) is 19.4 Å². The van der Waals surface area contributed by atoms with Gasteiger partial charge in [-0.25, -0.2) is 0 Å². The maximum absolute atomic E-state index is 10.9. The number of allylic oxidation sites excluding steroid dienone is 3. The summed E-state index contributed by atoms with van der Waals surface area (Å²) >= 11 is 0. The Kier molecular flexibility index (Phi) is 12.2. The Bertz CT molecular complexity index is 181. The third kappa shape index (κ3) is 8.86. The highest BCUT2D eigenvalue weighted by molar-refractivity contribution is 5.78. The van der Waals surface area contributed by atoms with Crippen molar-refractivity contribution in [2.75, 3.05) is 7.05 Å². The maximum Gasteiger partial charge on any atom is 0.224 e. The first-order chi connectivity index (χ1) is 6.24. The molecule has 0 atom stereocenters. The van der Waals surface area contributed by atoms with E-state index >= 15 is 0 Å². The van der Waals surface area contributed by atoms with Crippen molar-refractivity contribution in [3.63, 3.8) is 0 Å². The zero-order chi connectivity index (χ0) is 10.7. The summed E-state index contributed by atoms with van der Waals surface area (Å²) in [6, 6.07) is 0. The van der Waals surface area contributed by atoms with Crippen molar-refractivity contribution >= 4 is 5.91 Å². The second kappa shape index (κ2) is 11.0. The number of nitrogens with one attached hydrogen (secondary N) is 1. The van der Waals surface area contributed by atoms with Gasteiger partial charge in [0.2, 0.25) is 5.91 Å². The summed E-state index contributed by atoms with van der Waals surface area (Å²) in [7, 11) is 1.64. The van der Waals surface area contributed by atoms with Gasteiger partial charge in [-0.1, -0.05) is 32.1 Å². The van der Waals surface area contributed by atoms with E-state index in [9.17, 15) is 4.79 Å². The van der Waals surface area contributed by atoms with Crippen LogP contribution in [0.25, 0.3) is 0 Å². The summed E-state index contributed by atoms with van der Waals surface area (Å²) < 4.78 is 0. The molecule has 2 nitrogen and oxygen atoms in total. The molecule has 0 aromatic rings. The van der Waals surface area contributed by atoms with E-state index in [2.05, 4.69) is 5.32 Å². The highest BCUT2D eigenvalue weighted by atomic mass is 16.1. The van der Waals surface area contributed by atoms with Crippen molar-refractivity contribution < 1.29 is 4.79 Å². The van der Waals surface area contributed by atoms with Crippen LogP contribution in [0.15, 0.2) is 23.8 Å². The molecule has 0 bridgehead atoms. The number of carbonyl (C=O) groups excluding carboxylic acids is 1. The zero-order valence-corrected chi connectivity index (χ0v) is 9.35. The van der Waals surface area contributed by atoms with E-state index in [0.29, 0.717) is 6.42 Å². The number of hydrogen-bond donors (Lipinski definition) is 1. The van der Waals surface area contributed by atoms with Crippen molar-refractivity contribution in [3.8, 4) is 0 Å².